The van der Waals surface area contributed by atoms with Crippen molar-refractivity contribution in [2.24, 2.45) is 0 Å². The van der Waals surface area contributed by atoms with Gasteiger partial charge < -0.3 is 15.0 Å². The number of anilines is 2. The number of pyridine rings is 1. The maximum Gasteiger partial charge on any atom is 0.418 e. The molecule has 2 heterocycles. The number of halogens is 3. The second-order valence-electron chi connectivity index (χ2n) is 11.4. The van der Waals surface area contributed by atoms with E-state index >= 15 is 0 Å². The second-order valence-corrected chi connectivity index (χ2v) is 11.4. The first kappa shape index (κ1) is 30.4. The highest BCUT2D eigenvalue weighted by Crippen LogP contribution is 2.37. The van der Waals surface area contributed by atoms with Crippen LogP contribution in [-0.2, 0) is 22.9 Å². The number of rotatable bonds is 10. The molecule has 0 unspecified atom stereocenters. The fourth-order valence-corrected chi connectivity index (χ4v) is 4.40. The summed E-state index contributed by atoms with van der Waals surface area (Å²) in [4.78, 5) is 15.7. The summed E-state index contributed by atoms with van der Waals surface area (Å²) >= 11 is 0. The van der Waals surface area contributed by atoms with E-state index in [1.165, 1.54) is 17.8 Å². The lowest BCUT2D eigenvalue weighted by atomic mass is 9.87. The molecule has 0 spiro atoms. The molecule has 0 amide bonds. The maximum absolute atomic E-state index is 13.7. The number of ether oxygens (including phenoxy) is 1. The van der Waals surface area contributed by atoms with Crippen molar-refractivity contribution in [3.05, 3.63) is 77.7 Å². The molecule has 0 fully saturated rings. The summed E-state index contributed by atoms with van der Waals surface area (Å²) in [7, 11) is 2.06. The van der Waals surface area contributed by atoms with Gasteiger partial charge in [-0.15, -0.1) is 0 Å². The van der Waals surface area contributed by atoms with Crippen molar-refractivity contribution in [3.63, 3.8) is 0 Å². The van der Waals surface area contributed by atoms with Crippen LogP contribution in [0, 0.1) is 0 Å². The highest BCUT2D eigenvalue weighted by Gasteiger charge is 2.34. The Morgan fingerprint density at radius 1 is 1.00 bits per heavy atom. The van der Waals surface area contributed by atoms with E-state index in [0.29, 0.717) is 28.1 Å². The van der Waals surface area contributed by atoms with Gasteiger partial charge in [-0.05, 0) is 74.3 Å². The number of nitrogens with one attached hydrogen (secondary N) is 1. The Kier molecular flexibility index (Phi) is 9.29. The normalized spacial score (nSPS) is 13.1. The highest BCUT2D eigenvalue weighted by molar-refractivity contribution is 5.93. The maximum atomic E-state index is 13.7. The Morgan fingerprint density at radius 2 is 1.73 bits per heavy atom. The first-order valence-electron chi connectivity index (χ1n) is 13.9. The van der Waals surface area contributed by atoms with Gasteiger partial charge in [0, 0.05) is 29.4 Å². The molecule has 1 N–H and O–H groups in total. The molecular weight excluding hydrogens is 527 g/mol. The van der Waals surface area contributed by atoms with Gasteiger partial charge in [-0.25, -0.2) is 9.97 Å². The van der Waals surface area contributed by atoms with E-state index < -0.39 is 11.7 Å². The molecule has 218 valence electrons. The van der Waals surface area contributed by atoms with Gasteiger partial charge in [0.25, 0.3) is 0 Å². The highest BCUT2D eigenvalue weighted by atomic mass is 19.4. The number of hydrogen-bond acceptors (Lipinski definition) is 6. The molecule has 4 rings (SSSR count). The first-order chi connectivity index (χ1) is 19.3. The lowest BCUT2D eigenvalue weighted by Crippen LogP contribution is -2.23. The minimum Gasteiger partial charge on any atom is -0.370 e. The van der Waals surface area contributed by atoms with Crippen molar-refractivity contribution in [2.45, 2.75) is 65.3 Å². The smallest absolute Gasteiger partial charge is 0.370 e. The van der Waals surface area contributed by atoms with Crippen molar-refractivity contribution < 1.29 is 17.9 Å². The van der Waals surface area contributed by atoms with Crippen molar-refractivity contribution in [3.8, 4) is 11.3 Å². The predicted molar refractivity (Wildman–Crippen MR) is 158 cm³/mol. The van der Waals surface area contributed by atoms with Gasteiger partial charge in [0.05, 0.1) is 22.9 Å². The number of aromatic nitrogens is 3. The van der Waals surface area contributed by atoms with Gasteiger partial charge in [-0.1, -0.05) is 45.9 Å². The molecule has 9 heteroatoms. The average molecular weight is 566 g/mol. The molecule has 0 aliphatic rings. The van der Waals surface area contributed by atoms with E-state index in [9.17, 15) is 13.2 Å². The van der Waals surface area contributed by atoms with Crippen LogP contribution in [0.2, 0.25) is 0 Å². The number of fused-ring (bicyclic) bond motifs is 1. The third-order valence-corrected chi connectivity index (χ3v) is 7.10. The molecule has 2 aromatic carbocycles. The molecule has 0 saturated heterocycles. The minimum absolute atomic E-state index is 0.0150. The molecule has 2 aromatic heterocycles. The summed E-state index contributed by atoms with van der Waals surface area (Å²) in [5, 5.41) is 4.07. The Morgan fingerprint density at radius 3 is 2.39 bits per heavy atom. The molecule has 0 aliphatic carbocycles. The van der Waals surface area contributed by atoms with E-state index in [1.54, 1.807) is 18.2 Å². The van der Waals surface area contributed by atoms with Crippen LogP contribution in [-0.4, -0.2) is 46.1 Å². The molecular formula is C32H38F3N5O. The van der Waals surface area contributed by atoms with E-state index in [4.69, 9.17) is 9.72 Å². The first-order valence-corrected chi connectivity index (χ1v) is 13.9. The van der Waals surface area contributed by atoms with Crippen LogP contribution < -0.4 is 5.32 Å². The topological polar surface area (TPSA) is 63.2 Å². The summed E-state index contributed by atoms with van der Waals surface area (Å²) in [6.07, 6.45) is -2.33. The molecule has 0 bridgehead atoms. The number of hydrogen-bond donors (Lipinski definition) is 1. The Labute approximate surface area is 240 Å². The third kappa shape index (κ3) is 7.80. The zero-order chi connectivity index (χ0) is 29.8. The zero-order valence-electron chi connectivity index (χ0n) is 24.5. The number of alkyl halides is 3. The van der Waals surface area contributed by atoms with Gasteiger partial charge in [-0.3, -0.25) is 4.98 Å². The van der Waals surface area contributed by atoms with Crippen LogP contribution in [0.5, 0.6) is 0 Å². The number of benzene rings is 2. The monoisotopic (exact) mass is 565 g/mol. The fourth-order valence-electron chi connectivity index (χ4n) is 4.40. The lowest BCUT2D eigenvalue weighted by Gasteiger charge is -2.20. The summed E-state index contributed by atoms with van der Waals surface area (Å²) in [5.74, 6) is 0.996. The van der Waals surface area contributed by atoms with Crippen LogP contribution in [0.1, 0.15) is 58.0 Å². The zero-order valence-corrected chi connectivity index (χ0v) is 24.5. The van der Waals surface area contributed by atoms with Crippen molar-refractivity contribution in [2.75, 3.05) is 25.5 Å². The predicted octanol–water partition coefficient (Wildman–Crippen LogP) is 8.00. The van der Waals surface area contributed by atoms with Crippen LogP contribution in [0.4, 0.5) is 24.7 Å². The Bertz CT molecular complexity index is 1470. The van der Waals surface area contributed by atoms with Gasteiger partial charge in [0.15, 0.2) is 5.82 Å². The fraction of sp³-hybridized carbons (Fsp3) is 0.406. The summed E-state index contributed by atoms with van der Waals surface area (Å²) in [6, 6.07) is 15.5. The third-order valence-electron chi connectivity index (χ3n) is 7.10. The largest absolute Gasteiger partial charge is 0.418 e. The van der Waals surface area contributed by atoms with E-state index in [1.807, 2.05) is 19.1 Å². The van der Waals surface area contributed by atoms with Crippen LogP contribution >= 0.6 is 0 Å². The Balaban J connectivity index is 1.71. The lowest BCUT2D eigenvalue weighted by molar-refractivity contribution is -0.137. The quantitative estimate of drug-likeness (QED) is 0.210. The molecule has 0 aliphatic heterocycles. The van der Waals surface area contributed by atoms with Gasteiger partial charge >= 0.3 is 6.18 Å². The molecule has 0 radical (unpaired) electrons. The molecule has 41 heavy (non-hydrogen) atoms. The molecule has 4 aromatic rings. The van der Waals surface area contributed by atoms with E-state index in [-0.39, 0.29) is 23.8 Å². The van der Waals surface area contributed by atoms with Crippen LogP contribution in [0.15, 0.2) is 60.8 Å². The van der Waals surface area contributed by atoms with Gasteiger partial charge in [0.1, 0.15) is 12.4 Å². The molecule has 1 atom stereocenters. The molecule has 0 saturated carbocycles. The Hall–Kier alpha value is -3.56. The molecule has 6 nitrogen and oxygen atoms in total. The summed E-state index contributed by atoms with van der Waals surface area (Å²) in [5.41, 5.74) is 1.96. The van der Waals surface area contributed by atoms with Crippen molar-refractivity contribution in [1.82, 2.24) is 19.9 Å². The van der Waals surface area contributed by atoms with Gasteiger partial charge in [0.2, 0.25) is 0 Å². The number of nitrogens with zero attached hydrogens (tertiary/aromatic N) is 4. The standard InChI is InChI=1S/C32H38F3N5O/c1-7-40(6)18-16-21(2)41-20-28-38-27-19-22(29-26(32(33,34)35)9-8-17-36-29)10-15-25(27)30(39-28)37-24-13-11-23(12-14-24)31(3,4)5/h8-15,17,19,21H,7,16,18,20H2,1-6H3,(H,37,38,39)/t21-/m1/s1. The van der Waals surface area contributed by atoms with Gasteiger partial charge in [-0.2, -0.15) is 13.2 Å². The average Bonchev–Trinajstić information content (AvgIpc) is 2.93. The second kappa shape index (κ2) is 12.5. The van der Waals surface area contributed by atoms with E-state index in [0.717, 1.165) is 31.3 Å². The van der Waals surface area contributed by atoms with Crippen molar-refractivity contribution >= 4 is 22.4 Å². The summed E-state index contributed by atoms with van der Waals surface area (Å²) < 4.78 is 47.3. The van der Waals surface area contributed by atoms with Crippen LogP contribution in [0.3, 0.4) is 0 Å². The minimum atomic E-state index is -4.53. The SMILES string of the molecule is CCN(C)CC[C@@H](C)OCc1nc(Nc2ccc(C(C)(C)C)cc2)c2ccc(-c3ncccc3C(F)(F)F)cc2n1. The van der Waals surface area contributed by atoms with Crippen LogP contribution in [0.25, 0.3) is 22.2 Å². The summed E-state index contributed by atoms with van der Waals surface area (Å²) in [6.45, 7) is 12.6. The van der Waals surface area contributed by atoms with E-state index in [2.05, 4.69) is 67.1 Å². The van der Waals surface area contributed by atoms with Crippen molar-refractivity contribution in [1.29, 1.82) is 0 Å².